The Kier molecular flexibility index (Phi) is 8.86. The highest BCUT2D eigenvalue weighted by atomic mass is 19.2. The van der Waals surface area contributed by atoms with Crippen LogP contribution >= 0.6 is 0 Å². The Morgan fingerprint density at radius 3 is 1.84 bits per heavy atom. The van der Waals surface area contributed by atoms with Gasteiger partial charge >= 0.3 is 0 Å². The van der Waals surface area contributed by atoms with Crippen molar-refractivity contribution in [3.05, 3.63) is 0 Å². The number of alkyl halides is 3. The van der Waals surface area contributed by atoms with E-state index in [2.05, 4.69) is 6.92 Å². The number of methoxy groups -OCH3 is 1. The molecule has 186 valence electrons. The molecule has 0 aliphatic heterocycles. The molecule has 5 heteroatoms. The first kappa shape index (κ1) is 24.8. The van der Waals surface area contributed by atoms with E-state index in [9.17, 15) is 13.2 Å². The lowest BCUT2D eigenvalue weighted by molar-refractivity contribution is -0.150. The highest BCUT2D eigenvalue weighted by Crippen LogP contribution is 2.47. The van der Waals surface area contributed by atoms with E-state index in [0.29, 0.717) is 31.8 Å². The van der Waals surface area contributed by atoms with E-state index in [1.165, 1.54) is 58.5 Å². The van der Waals surface area contributed by atoms with Gasteiger partial charge in [0.05, 0.1) is 12.2 Å². The summed E-state index contributed by atoms with van der Waals surface area (Å²) in [6.07, 6.45) is 8.65. The quantitative estimate of drug-likeness (QED) is 0.400. The van der Waals surface area contributed by atoms with E-state index in [-0.39, 0.29) is 5.92 Å². The summed E-state index contributed by atoms with van der Waals surface area (Å²) in [5.41, 5.74) is 0. The van der Waals surface area contributed by atoms with Crippen molar-refractivity contribution in [3.63, 3.8) is 0 Å². The first-order chi connectivity index (χ1) is 15.5. The molecule has 0 aromatic heterocycles. The molecule has 4 rings (SSSR count). The second-order valence-electron chi connectivity index (χ2n) is 11.5. The molecule has 4 saturated carbocycles. The minimum absolute atomic E-state index is 0.137. The maximum Gasteiger partial charge on any atom is 0.157 e. The number of halogens is 3. The van der Waals surface area contributed by atoms with Crippen molar-refractivity contribution in [1.29, 1.82) is 0 Å². The van der Waals surface area contributed by atoms with Gasteiger partial charge in [0.1, 0.15) is 12.3 Å². The number of rotatable bonds is 7. The zero-order chi connectivity index (χ0) is 22.7. The lowest BCUT2D eigenvalue weighted by atomic mass is 9.66. The molecule has 0 spiro atoms. The maximum absolute atomic E-state index is 14.9. The van der Waals surface area contributed by atoms with Crippen molar-refractivity contribution < 1.29 is 22.6 Å². The van der Waals surface area contributed by atoms with Gasteiger partial charge in [-0.1, -0.05) is 32.6 Å². The minimum atomic E-state index is -1.79. The van der Waals surface area contributed by atoms with Gasteiger partial charge in [-0.3, -0.25) is 0 Å². The summed E-state index contributed by atoms with van der Waals surface area (Å²) in [6, 6.07) is 0. The summed E-state index contributed by atoms with van der Waals surface area (Å²) in [5, 5.41) is 0. The van der Waals surface area contributed by atoms with Gasteiger partial charge in [0.15, 0.2) is 6.17 Å². The van der Waals surface area contributed by atoms with Crippen molar-refractivity contribution in [2.45, 2.75) is 121 Å². The van der Waals surface area contributed by atoms with Crippen molar-refractivity contribution >= 4 is 0 Å². The van der Waals surface area contributed by atoms with E-state index in [1.807, 2.05) is 0 Å². The second-order valence-corrected chi connectivity index (χ2v) is 11.5. The zero-order valence-electron chi connectivity index (χ0n) is 20.2. The standard InChI is InChI=1S/C27H45F3O2/c1-3-4-17-5-9-19(10-6-17)20-11-7-18(8-12-20)16-32-23-15-21-13-14-22(31-2)25(28)24(21)27(30)26(23)29/h17-27H,3-16H2,1-2H3. The molecule has 0 amide bonds. The molecule has 0 heterocycles. The van der Waals surface area contributed by atoms with Gasteiger partial charge in [0, 0.05) is 19.6 Å². The molecule has 4 fully saturated rings. The second kappa shape index (κ2) is 11.4. The molecule has 4 aliphatic carbocycles. The lowest BCUT2D eigenvalue weighted by Crippen LogP contribution is -2.55. The lowest BCUT2D eigenvalue weighted by Gasteiger charge is -2.46. The summed E-state index contributed by atoms with van der Waals surface area (Å²) >= 11 is 0. The molecule has 0 aromatic rings. The SMILES string of the molecule is CCCC1CCC(C2CCC(COC3CC4CCC(OC)C(F)C4C(F)C3F)CC2)CC1. The van der Waals surface area contributed by atoms with Gasteiger partial charge in [0.25, 0.3) is 0 Å². The predicted molar refractivity (Wildman–Crippen MR) is 122 cm³/mol. The monoisotopic (exact) mass is 458 g/mol. The molecule has 7 atom stereocenters. The van der Waals surface area contributed by atoms with Crippen LogP contribution in [0.15, 0.2) is 0 Å². The Balaban J connectivity index is 1.20. The topological polar surface area (TPSA) is 18.5 Å². The fraction of sp³-hybridized carbons (Fsp3) is 1.00. The Hall–Kier alpha value is -0.290. The molecule has 0 bridgehead atoms. The molecule has 0 saturated heterocycles. The molecule has 0 aromatic carbocycles. The van der Waals surface area contributed by atoms with Crippen LogP contribution in [0.25, 0.3) is 0 Å². The first-order valence-corrected chi connectivity index (χ1v) is 13.6. The Bertz CT molecular complexity index is 557. The fourth-order valence-corrected chi connectivity index (χ4v) is 7.64. The summed E-state index contributed by atoms with van der Waals surface area (Å²) in [5.74, 6) is 2.16. The Morgan fingerprint density at radius 1 is 0.656 bits per heavy atom. The van der Waals surface area contributed by atoms with Gasteiger partial charge < -0.3 is 9.47 Å². The average molecular weight is 459 g/mol. The fourth-order valence-electron chi connectivity index (χ4n) is 7.64. The van der Waals surface area contributed by atoms with Crippen LogP contribution in [0.5, 0.6) is 0 Å². The van der Waals surface area contributed by atoms with E-state index in [1.54, 1.807) is 0 Å². The van der Waals surface area contributed by atoms with Crippen LogP contribution in [0.4, 0.5) is 13.2 Å². The third-order valence-corrected chi connectivity index (χ3v) is 9.65. The normalized spacial score (nSPS) is 47.7. The van der Waals surface area contributed by atoms with Crippen LogP contribution in [0.3, 0.4) is 0 Å². The van der Waals surface area contributed by atoms with E-state index in [0.717, 1.165) is 30.6 Å². The van der Waals surface area contributed by atoms with Crippen molar-refractivity contribution in [2.24, 2.45) is 35.5 Å². The van der Waals surface area contributed by atoms with E-state index < -0.39 is 36.6 Å². The third-order valence-electron chi connectivity index (χ3n) is 9.65. The van der Waals surface area contributed by atoms with Gasteiger partial charge in [-0.25, -0.2) is 13.2 Å². The maximum atomic E-state index is 14.9. The zero-order valence-corrected chi connectivity index (χ0v) is 20.2. The number of fused-ring (bicyclic) bond motifs is 1. The van der Waals surface area contributed by atoms with Crippen LogP contribution in [0, 0.1) is 35.5 Å². The summed E-state index contributed by atoms with van der Waals surface area (Å²) in [7, 11) is 1.46. The highest BCUT2D eigenvalue weighted by molar-refractivity contribution is 5.01. The van der Waals surface area contributed by atoms with Gasteiger partial charge in [0.2, 0.25) is 0 Å². The summed E-state index contributed by atoms with van der Waals surface area (Å²) < 4.78 is 55.6. The van der Waals surface area contributed by atoms with Crippen LogP contribution in [0.2, 0.25) is 0 Å². The highest BCUT2D eigenvalue weighted by Gasteiger charge is 2.53. The summed E-state index contributed by atoms with van der Waals surface area (Å²) in [6.45, 7) is 2.83. The van der Waals surface area contributed by atoms with Crippen LogP contribution in [0.1, 0.15) is 90.4 Å². The van der Waals surface area contributed by atoms with E-state index in [4.69, 9.17) is 9.47 Å². The number of ether oxygens (including phenoxy) is 2. The molecule has 7 unspecified atom stereocenters. The minimum Gasteiger partial charge on any atom is -0.378 e. The van der Waals surface area contributed by atoms with Gasteiger partial charge in [-0.05, 0) is 87.4 Å². The predicted octanol–water partition coefficient (Wildman–Crippen LogP) is 7.24. The largest absolute Gasteiger partial charge is 0.378 e. The van der Waals surface area contributed by atoms with Gasteiger partial charge in [-0.2, -0.15) is 0 Å². The number of hydrogen-bond acceptors (Lipinski definition) is 2. The van der Waals surface area contributed by atoms with Crippen molar-refractivity contribution in [1.82, 2.24) is 0 Å². The molecule has 4 aliphatic rings. The van der Waals surface area contributed by atoms with E-state index >= 15 is 0 Å². The molecule has 32 heavy (non-hydrogen) atoms. The number of hydrogen-bond donors (Lipinski definition) is 0. The van der Waals surface area contributed by atoms with Gasteiger partial charge in [-0.15, -0.1) is 0 Å². The van der Waals surface area contributed by atoms with Crippen molar-refractivity contribution in [2.75, 3.05) is 13.7 Å². The molecular formula is C27H45F3O2. The molecule has 0 radical (unpaired) electrons. The van der Waals surface area contributed by atoms with Crippen LogP contribution in [-0.2, 0) is 9.47 Å². The Labute approximate surface area is 193 Å². The average Bonchev–Trinajstić information content (AvgIpc) is 2.81. The molecule has 2 nitrogen and oxygen atoms in total. The third kappa shape index (κ3) is 5.50. The van der Waals surface area contributed by atoms with Crippen LogP contribution in [-0.4, -0.2) is 44.4 Å². The molecule has 0 N–H and O–H groups in total. The summed E-state index contributed by atoms with van der Waals surface area (Å²) in [4.78, 5) is 0. The van der Waals surface area contributed by atoms with Crippen molar-refractivity contribution in [3.8, 4) is 0 Å². The molecular weight excluding hydrogens is 413 g/mol. The first-order valence-electron chi connectivity index (χ1n) is 13.6. The smallest absolute Gasteiger partial charge is 0.157 e. The Morgan fingerprint density at radius 2 is 1.25 bits per heavy atom. The van der Waals surface area contributed by atoms with Crippen LogP contribution < -0.4 is 0 Å².